The Kier molecular flexibility index (Phi) is 2.01. The molecule has 1 aromatic heterocycles. The number of hydrogen-bond acceptors (Lipinski definition) is 2. The fourth-order valence-electron chi connectivity index (χ4n) is 0.762. The Balaban J connectivity index is 2.97. The summed E-state index contributed by atoms with van der Waals surface area (Å²) < 4.78 is 29.8. The summed E-state index contributed by atoms with van der Waals surface area (Å²) in [4.78, 5) is 2.71. The van der Waals surface area contributed by atoms with E-state index in [0.29, 0.717) is 5.56 Å². The van der Waals surface area contributed by atoms with Crippen LogP contribution in [0.15, 0.2) is 18.5 Å². The zero-order valence-corrected chi connectivity index (χ0v) is 6.80. The van der Waals surface area contributed by atoms with Gasteiger partial charge >= 0.3 is 0 Å². The van der Waals surface area contributed by atoms with E-state index in [9.17, 15) is 8.42 Å². The first kappa shape index (κ1) is 8.29. The van der Waals surface area contributed by atoms with Gasteiger partial charge in [0.25, 0.3) is 10.1 Å². The van der Waals surface area contributed by atoms with E-state index in [1.54, 1.807) is 18.5 Å². The van der Waals surface area contributed by atoms with Gasteiger partial charge in [0.05, 0.1) is 0 Å². The molecule has 4 nitrogen and oxygen atoms in total. The lowest BCUT2D eigenvalue weighted by atomic mass is 10.3. The summed E-state index contributed by atoms with van der Waals surface area (Å²) in [5.41, 5.74) is 0.563. The highest BCUT2D eigenvalue weighted by molar-refractivity contribution is 7.86. The summed E-state index contributed by atoms with van der Waals surface area (Å²) >= 11 is 0. The summed E-state index contributed by atoms with van der Waals surface area (Å²) in [7, 11) is -3.95. The fraction of sp³-hybridized carbons (Fsp3) is 0.333. The molecule has 5 heteroatoms. The predicted molar refractivity (Wildman–Crippen MR) is 40.8 cm³/mol. The minimum Gasteiger partial charge on any atom is -0.367 e. The maximum atomic E-state index is 10.6. The first-order valence-corrected chi connectivity index (χ1v) is 4.61. The lowest BCUT2D eigenvalue weighted by molar-refractivity contribution is 0.472. The van der Waals surface area contributed by atoms with Crippen LogP contribution in [0.25, 0.3) is 0 Å². The SMILES string of the molecule is CC(c1cc[nH]c1)S(=O)(=O)O. The molecule has 0 saturated heterocycles. The Morgan fingerprint density at radius 3 is 2.64 bits per heavy atom. The van der Waals surface area contributed by atoms with Gasteiger partial charge in [-0.2, -0.15) is 8.42 Å². The van der Waals surface area contributed by atoms with Crippen molar-refractivity contribution in [2.75, 3.05) is 0 Å². The molecule has 1 heterocycles. The Morgan fingerprint density at radius 1 is 1.64 bits per heavy atom. The Morgan fingerprint density at radius 2 is 2.27 bits per heavy atom. The molecule has 0 aliphatic heterocycles. The minimum absolute atomic E-state index is 0.563. The molecule has 0 aliphatic carbocycles. The summed E-state index contributed by atoms with van der Waals surface area (Å²) in [6, 6.07) is 1.61. The van der Waals surface area contributed by atoms with Crippen LogP contribution >= 0.6 is 0 Å². The molecule has 1 aromatic rings. The van der Waals surface area contributed by atoms with Gasteiger partial charge in [-0.1, -0.05) is 0 Å². The molecule has 11 heavy (non-hydrogen) atoms. The van der Waals surface area contributed by atoms with Gasteiger partial charge in [-0.05, 0) is 18.6 Å². The number of aromatic amines is 1. The average Bonchev–Trinajstić information content (AvgIpc) is 2.34. The molecule has 0 saturated carbocycles. The van der Waals surface area contributed by atoms with Crippen molar-refractivity contribution >= 4 is 10.1 Å². The first-order valence-electron chi connectivity index (χ1n) is 3.11. The lowest BCUT2D eigenvalue weighted by Crippen LogP contribution is -2.07. The van der Waals surface area contributed by atoms with E-state index in [-0.39, 0.29) is 0 Å². The minimum atomic E-state index is -3.95. The van der Waals surface area contributed by atoms with Gasteiger partial charge in [0, 0.05) is 12.4 Å². The van der Waals surface area contributed by atoms with Crippen molar-refractivity contribution in [3.05, 3.63) is 24.0 Å². The van der Waals surface area contributed by atoms with E-state index in [0.717, 1.165) is 0 Å². The van der Waals surface area contributed by atoms with Gasteiger partial charge in [0.1, 0.15) is 5.25 Å². The van der Waals surface area contributed by atoms with Gasteiger partial charge in [-0.3, -0.25) is 4.55 Å². The van der Waals surface area contributed by atoms with E-state index in [1.807, 2.05) is 0 Å². The van der Waals surface area contributed by atoms with Crippen molar-refractivity contribution in [2.45, 2.75) is 12.2 Å². The van der Waals surface area contributed by atoms with Gasteiger partial charge < -0.3 is 4.98 Å². The second-order valence-corrected chi connectivity index (χ2v) is 4.04. The summed E-state index contributed by atoms with van der Waals surface area (Å²) in [6.45, 7) is 1.43. The normalized spacial score (nSPS) is 14.7. The van der Waals surface area contributed by atoms with Crippen molar-refractivity contribution in [2.24, 2.45) is 0 Å². The molecule has 62 valence electrons. The van der Waals surface area contributed by atoms with Crippen molar-refractivity contribution < 1.29 is 13.0 Å². The van der Waals surface area contributed by atoms with Crippen molar-refractivity contribution in [3.8, 4) is 0 Å². The molecular formula is C6H9NO3S. The van der Waals surface area contributed by atoms with Crippen LogP contribution in [-0.2, 0) is 10.1 Å². The predicted octanol–water partition coefficient (Wildman–Crippen LogP) is 0.964. The molecule has 0 fully saturated rings. The third kappa shape index (κ3) is 1.81. The smallest absolute Gasteiger partial charge is 0.271 e. The molecule has 1 rings (SSSR count). The molecule has 0 radical (unpaired) electrons. The van der Waals surface area contributed by atoms with E-state index in [4.69, 9.17) is 4.55 Å². The summed E-state index contributed by atoms with van der Waals surface area (Å²) in [5, 5.41) is -0.853. The molecule has 0 aliphatic rings. The highest BCUT2D eigenvalue weighted by Crippen LogP contribution is 2.18. The molecule has 0 amide bonds. The van der Waals surface area contributed by atoms with Gasteiger partial charge in [0.2, 0.25) is 0 Å². The monoisotopic (exact) mass is 175 g/mol. The molecule has 0 aromatic carbocycles. The van der Waals surface area contributed by atoms with Gasteiger partial charge in [-0.25, -0.2) is 0 Å². The highest BCUT2D eigenvalue weighted by atomic mass is 32.2. The van der Waals surface area contributed by atoms with E-state index >= 15 is 0 Å². The van der Waals surface area contributed by atoms with Crippen molar-refractivity contribution in [1.82, 2.24) is 4.98 Å². The van der Waals surface area contributed by atoms with Gasteiger partial charge in [-0.15, -0.1) is 0 Å². The van der Waals surface area contributed by atoms with Crippen LogP contribution in [0.4, 0.5) is 0 Å². The first-order chi connectivity index (χ1) is 5.02. The van der Waals surface area contributed by atoms with E-state index in [2.05, 4.69) is 4.98 Å². The molecule has 0 bridgehead atoms. The second kappa shape index (κ2) is 2.67. The van der Waals surface area contributed by atoms with Crippen LogP contribution in [-0.4, -0.2) is 18.0 Å². The van der Waals surface area contributed by atoms with Crippen LogP contribution < -0.4 is 0 Å². The molecule has 1 unspecified atom stereocenters. The van der Waals surface area contributed by atoms with Crippen LogP contribution in [0.1, 0.15) is 17.7 Å². The molecular weight excluding hydrogens is 166 g/mol. The van der Waals surface area contributed by atoms with Crippen LogP contribution in [0.2, 0.25) is 0 Å². The van der Waals surface area contributed by atoms with Crippen LogP contribution in [0, 0.1) is 0 Å². The number of aromatic nitrogens is 1. The number of hydrogen-bond donors (Lipinski definition) is 2. The molecule has 0 spiro atoms. The number of H-pyrrole nitrogens is 1. The number of rotatable bonds is 2. The Bertz CT molecular complexity index is 314. The van der Waals surface area contributed by atoms with E-state index in [1.165, 1.54) is 6.92 Å². The lowest BCUT2D eigenvalue weighted by Gasteiger charge is -2.03. The van der Waals surface area contributed by atoms with E-state index < -0.39 is 15.4 Å². The third-order valence-electron chi connectivity index (χ3n) is 1.54. The maximum absolute atomic E-state index is 10.6. The second-order valence-electron chi connectivity index (χ2n) is 2.30. The topological polar surface area (TPSA) is 70.2 Å². The quantitative estimate of drug-likeness (QED) is 0.658. The van der Waals surface area contributed by atoms with Crippen molar-refractivity contribution in [1.29, 1.82) is 0 Å². The van der Waals surface area contributed by atoms with Crippen molar-refractivity contribution in [3.63, 3.8) is 0 Å². The van der Waals surface area contributed by atoms with Gasteiger partial charge in [0.15, 0.2) is 0 Å². The zero-order valence-electron chi connectivity index (χ0n) is 5.98. The van der Waals surface area contributed by atoms with Crippen LogP contribution in [0.3, 0.4) is 0 Å². The average molecular weight is 175 g/mol. The molecule has 2 N–H and O–H groups in total. The summed E-state index contributed by atoms with van der Waals surface area (Å²) in [6.07, 6.45) is 3.15. The fourth-order valence-corrected chi connectivity index (χ4v) is 1.25. The number of nitrogens with one attached hydrogen (secondary N) is 1. The highest BCUT2D eigenvalue weighted by Gasteiger charge is 2.19. The zero-order chi connectivity index (χ0) is 8.48. The summed E-state index contributed by atoms with van der Waals surface area (Å²) in [5.74, 6) is 0. The Labute approximate surface area is 65.0 Å². The largest absolute Gasteiger partial charge is 0.367 e. The van der Waals surface area contributed by atoms with Crippen LogP contribution in [0.5, 0.6) is 0 Å². The maximum Gasteiger partial charge on any atom is 0.271 e. The Hall–Kier alpha value is -0.810. The third-order valence-corrected chi connectivity index (χ3v) is 2.70. The standard InChI is InChI=1S/C6H9NO3S/c1-5(11(8,9)10)6-2-3-7-4-6/h2-5,7H,1H3,(H,8,9,10). The molecule has 1 atom stereocenters.